The van der Waals surface area contributed by atoms with Gasteiger partial charge < -0.3 is 4.74 Å². The zero-order valence-corrected chi connectivity index (χ0v) is 7.07. The lowest BCUT2D eigenvalue weighted by Gasteiger charge is -2.09. The van der Waals surface area contributed by atoms with Gasteiger partial charge >= 0.3 is 0 Å². The summed E-state index contributed by atoms with van der Waals surface area (Å²) in [4.78, 5) is 3.30. The number of ether oxygens (including phenoxy) is 1. The van der Waals surface area contributed by atoms with Gasteiger partial charge in [0.1, 0.15) is 0 Å². The van der Waals surface area contributed by atoms with Gasteiger partial charge in [-0.3, -0.25) is 0 Å². The van der Waals surface area contributed by atoms with Crippen molar-refractivity contribution in [2.24, 2.45) is 4.99 Å². The Morgan fingerprint density at radius 1 is 1.92 bits per heavy atom. The van der Waals surface area contributed by atoms with E-state index in [0.29, 0.717) is 0 Å². The minimum atomic E-state index is -2.31. The minimum absolute atomic E-state index is 0.0711. The van der Waals surface area contributed by atoms with Gasteiger partial charge in [0.05, 0.1) is 11.8 Å². The van der Waals surface area contributed by atoms with Crippen LogP contribution in [0.5, 0.6) is 0 Å². The van der Waals surface area contributed by atoms with E-state index in [1.165, 1.54) is 0 Å². The Hall–Kier alpha value is -0.830. The largest absolute Gasteiger partial charge is 0.433 e. The van der Waals surface area contributed by atoms with Gasteiger partial charge in [-0.1, -0.05) is 11.8 Å². The highest BCUT2D eigenvalue weighted by atomic mass is 32.2. The summed E-state index contributed by atoms with van der Waals surface area (Å²) in [5.74, 6) is -2.24. The smallest absolute Gasteiger partial charge is 0.294 e. The molecule has 2 unspecified atom stereocenters. The summed E-state index contributed by atoms with van der Waals surface area (Å²) in [6, 6.07) is 1.79. The van der Waals surface area contributed by atoms with Crippen LogP contribution >= 0.6 is 11.8 Å². The number of hydrogen-bond acceptors (Lipinski definition) is 4. The SMILES string of the molecule is CC1(F)N=C(SCC#N)OC1F. The van der Waals surface area contributed by atoms with Crippen LogP contribution in [-0.2, 0) is 4.74 Å². The van der Waals surface area contributed by atoms with E-state index < -0.39 is 12.2 Å². The van der Waals surface area contributed by atoms with Crippen molar-refractivity contribution in [1.82, 2.24) is 0 Å². The molecule has 2 atom stereocenters. The molecule has 0 aromatic rings. The zero-order chi connectivity index (χ0) is 9.19. The third kappa shape index (κ3) is 1.85. The molecule has 1 rings (SSSR count). The number of rotatable bonds is 1. The number of thioether (sulfide) groups is 1. The topological polar surface area (TPSA) is 45.4 Å². The fourth-order valence-electron chi connectivity index (χ4n) is 0.612. The van der Waals surface area contributed by atoms with Crippen molar-refractivity contribution in [3.8, 4) is 6.07 Å². The first-order valence-electron chi connectivity index (χ1n) is 3.15. The third-order valence-corrected chi connectivity index (χ3v) is 1.90. The molecule has 1 aliphatic heterocycles. The molecule has 12 heavy (non-hydrogen) atoms. The van der Waals surface area contributed by atoms with Gasteiger partial charge in [0.25, 0.3) is 17.4 Å². The van der Waals surface area contributed by atoms with Crippen molar-refractivity contribution in [2.75, 3.05) is 5.75 Å². The minimum Gasteiger partial charge on any atom is -0.433 e. The molecule has 0 aromatic heterocycles. The van der Waals surface area contributed by atoms with Gasteiger partial charge in [0.2, 0.25) is 0 Å². The quantitative estimate of drug-likeness (QED) is 0.593. The zero-order valence-electron chi connectivity index (χ0n) is 6.25. The maximum absolute atomic E-state index is 12.9. The molecule has 0 radical (unpaired) electrons. The Morgan fingerprint density at radius 3 is 3.00 bits per heavy atom. The molecule has 0 saturated heterocycles. The Balaban J connectivity index is 2.55. The van der Waals surface area contributed by atoms with Crippen LogP contribution < -0.4 is 0 Å². The lowest BCUT2D eigenvalue weighted by Crippen LogP contribution is -2.25. The highest BCUT2D eigenvalue weighted by Crippen LogP contribution is 2.31. The molecule has 1 aliphatic rings. The summed E-state index contributed by atoms with van der Waals surface area (Å²) in [5, 5.41) is 8.05. The molecule has 0 bridgehead atoms. The van der Waals surface area contributed by atoms with Crippen LogP contribution in [0.3, 0.4) is 0 Å². The van der Waals surface area contributed by atoms with E-state index in [0.717, 1.165) is 18.7 Å². The molecule has 0 N–H and O–H groups in total. The van der Waals surface area contributed by atoms with Gasteiger partial charge in [-0.05, 0) is 6.92 Å². The molecule has 3 nitrogen and oxygen atoms in total. The molecule has 0 aliphatic carbocycles. The molecule has 0 saturated carbocycles. The first kappa shape index (κ1) is 9.26. The van der Waals surface area contributed by atoms with Gasteiger partial charge in [0, 0.05) is 0 Å². The summed E-state index contributed by atoms with van der Waals surface area (Å²) < 4.78 is 29.9. The summed E-state index contributed by atoms with van der Waals surface area (Å²) in [5.41, 5.74) is 0. The number of alkyl halides is 2. The maximum atomic E-state index is 12.9. The third-order valence-electron chi connectivity index (χ3n) is 1.19. The second kappa shape index (κ2) is 3.27. The summed E-state index contributed by atoms with van der Waals surface area (Å²) in [6.45, 7) is 0.984. The van der Waals surface area contributed by atoms with Crippen LogP contribution in [0.15, 0.2) is 4.99 Å². The summed E-state index contributed by atoms with van der Waals surface area (Å²) in [6.07, 6.45) is -2.06. The fraction of sp³-hybridized carbons (Fsp3) is 0.667. The van der Waals surface area contributed by atoms with Gasteiger partial charge in [-0.15, -0.1) is 0 Å². The molecule has 0 fully saturated rings. The van der Waals surface area contributed by atoms with E-state index in [1.807, 2.05) is 0 Å². The Labute approximate surface area is 72.4 Å². The molecule has 0 aromatic carbocycles. The van der Waals surface area contributed by atoms with Crippen LogP contribution in [0.2, 0.25) is 0 Å². The van der Waals surface area contributed by atoms with Crippen LogP contribution in [-0.4, -0.2) is 23.1 Å². The highest BCUT2D eigenvalue weighted by molar-refractivity contribution is 8.13. The van der Waals surface area contributed by atoms with E-state index in [1.54, 1.807) is 6.07 Å². The Kier molecular flexibility index (Phi) is 2.52. The first-order chi connectivity index (χ1) is 5.56. The highest BCUT2D eigenvalue weighted by Gasteiger charge is 2.43. The van der Waals surface area contributed by atoms with E-state index >= 15 is 0 Å². The Bertz CT molecular complexity index is 248. The molecule has 0 amide bonds. The van der Waals surface area contributed by atoms with E-state index in [2.05, 4.69) is 9.73 Å². The van der Waals surface area contributed by atoms with Crippen LogP contribution in [0.1, 0.15) is 6.92 Å². The van der Waals surface area contributed by atoms with E-state index in [9.17, 15) is 8.78 Å². The van der Waals surface area contributed by atoms with Crippen molar-refractivity contribution in [3.05, 3.63) is 0 Å². The van der Waals surface area contributed by atoms with E-state index in [4.69, 9.17) is 5.26 Å². The average Bonchev–Trinajstić information content (AvgIpc) is 2.22. The van der Waals surface area contributed by atoms with Crippen LogP contribution in [0.25, 0.3) is 0 Å². The van der Waals surface area contributed by atoms with Crippen molar-refractivity contribution in [2.45, 2.75) is 19.1 Å². The number of nitriles is 1. The number of nitrogens with zero attached hydrogens (tertiary/aromatic N) is 2. The number of halogens is 2. The monoisotopic (exact) mass is 192 g/mol. The molecular weight excluding hydrogens is 186 g/mol. The fourth-order valence-corrected chi connectivity index (χ4v) is 1.20. The molecule has 6 heteroatoms. The molecule has 0 spiro atoms. The molecule has 1 heterocycles. The van der Waals surface area contributed by atoms with Crippen molar-refractivity contribution < 1.29 is 13.5 Å². The number of hydrogen-bond donors (Lipinski definition) is 0. The van der Waals surface area contributed by atoms with Gasteiger partial charge in [-0.25, -0.2) is 4.39 Å². The van der Waals surface area contributed by atoms with Crippen molar-refractivity contribution >= 4 is 17.0 Å². The number of aliphatic imine (C=N–C) groups is 1. The van der Waals surface area contributed by atoms with Crippen LogP contribution in [0.4, 0.5) is 8.78 Å². The maximum Gasteiger partial charge on any atom is 0.294 e. The van der Waals surface area contributed by atoms with Gasteiger partial charge in [0.15, 0.2) is 0 Å². The van der Waals surface area contributed by atoms with Crippen molar-refractivity contribution in [3.63, 3.8) is 0 Å². The van der Waals surface area contributed by atoms with Crippen LogP contribution in [0, 0.1) is 11.3 Å². The first-order valence-corrected chi connectivity index (χ1v) is 4.14. The Morgan fingerprint density at radius 2 is 2.58 bits per heavy atom. The molecular formula is C6H6F2N2OS. The predicted molar refractivity (Wildman–Crippen MR) is 41.0 cm³/mol. The lowest BCUT2D eigenvalue weighted by molar-refractivity contribution is -0.0397. The predicted octanol–water partition coefficient (Wildman–Crippen LogP) is 1.61. The second-order valence-electron chi connectivity index (χ2n) is 2.28. The second-order valence-corrected chi connectivity index (χ2v) is 3.21. The summed E-state index contributed by atoms with van der Waals surface area (Å²) in [7, 11) is 0. The summed E-state index contributed by atoms with van der Waals surface area (Å²) >= 11 is 0.877. The molecule has 66 valence electrons. The average molecular weight is 192 g/mol. The van der Waals surface area contributed by atoms with Crippen molar-refractivity contribution in [1.29, 1.82) is 5.26 Å². The lowest BCUT2D eigenvalue weighted by atomic mass is 10.3. The van der Waals surface area contributed by atoms with E-state index in [-0.39, 0.29) is 11.0 Å². The van der Waals surface area contributed by atoms with Gasteiger partial charge in [-0.2, -0.15) is 14.6 Å². The standard InChI is InChI=1S/C6H6F2N2OS/c1-6(8)4(7)11-5(10-6)12-3-2-9/h4H,3H2,1H3. The normalized spacial score (nSPS) is 33.8.